The molecule has 2 aromatic carbocycles. The Labute approximate surface area is 175 Å². The average Bonchev–Trinajstić information content (AvgIpc) is 2.75. The van der Waals surface area contributed by atoms with Gasteiger partial charge in [-0.15, -0.1) is 0 Å². The molecule has 0 aromatic heterocycles. The van der Waals surface area contributed by atoms with Crippen LogP contribution in [0, 0.1) is 0 Å². The first-order valence-corrected chi connectivity index (χ1v) is 10.6. The van der Waals surface area contributed by atoms with Crippen molar-refractivity contribution in [2.45, 2.75) is 58.4 Å². The predicted molar refractivity (Wildman–Crippen MR) is 119 cm³/mol. The van der Waals surface area contributed by atoms with Crippen LogP contribution in [0.2, 0.25) is 0 Å². The highest BCUT2D eigenvalue weighted by Gasteiger charge is 2.27. The first kappa shape index (κ1) is 22.7. The summed E-state index contributed by atoms with van der Waals surface area (Å²) in [7, 11) is 1.63. The van der Waals surface area contributed by atoms with Crippen molar-refractivity contribution in [1.29, 1.82) is 0 Å². The summed E-state index contributed by atoms with van der Waals surface area (Å²) in [5.41, 5.74) is 3.62. The summed E-state index contributed by atoms with van der Waals surface area (Å²) in [6.45, 7) is 6.84. The van der Waals surface area contributed by atoms with Crippen LogP contribution < -0.4 is 5.32 Å². The van der Waals surface area contributed by atoms with Crippen molar-refractivity contribution in [2.75, 3.05) is 13.6 Å². The zero-order valence-corrected chi connectivity index (χ0v) is 18.2. The molecule has 2 aromatic rings. The molecule has 0 saturated heterocycles. The number of hydrogen-bond donors (Lipinski definition) is 1. The van der Waals surface area contributed by atoms with Crippen molar-refractivity contribution >= 4 is 11.8 Å². The van der Waals surface area contributed by atoms with E-state index in [1.807, 2.05) is 25.1 Å². The second kappa shape index (κ2) is 11.4. The molecule has 0 aliphatic carbocycles. The Morgan fingerprint density at radius 3 is 2.10 bits per heavy atom. The molecule has 4 nitrogen and oxygen atoms in total. The Morgan fingerprint density at radius 1 is 0.931 bits per heavy atom. The minimum atomic E-state index is -0.431. The molecule has 0 aliphatic rings. The van der Waals surface area contributed by atoms with Gasteiger partial charge in [0.05, 0.1) is 0 Å². The summed E-state index contributed by atoms with van der Waals surface area (Å²) in [5, 5.41) is 2.71. The Bertz CT molecular complexity index is 769. The van der Waals surface area contributed by atoms with Crippen LogP contribution in [0.1, 0.15) is 56.2 Å². The molecule has 1 atom stereocenters. The van der Waals surface area contributed by atoms with Crippen LogP contribution in [0.5, 0.6) is 0 Å². The van der Waals surface area contributed by atoms with E-state index in [0.29, 0.717) is 31.7 Å². The number of hydrogen-bond acceptors (Lipinski definition) is 2. The lowest BCUT2D eigenvalue weighted by atomic mass is 10.00. The number of carbonyl (C=O) groups excluding carboxylic acids is 2. The van der Waals surface area contributed by atoms with E-state index in [1.165, 1.54) is 11.1 Å². The van der Waals surface area contributed by atoms with E-state index in [4.69, 9.17) is 0 Å². The molecule has 2 amide bonds. The summed E-state index contributed by atoms with van der Waals surface area (Å²) in [5.74, 6) is 0.427. The van der Waals surface area contributed by atoms with Crippen molar-refractivity contribution in [2.24, 2.45) is 0 Å². The number of amides is 2. The fourth-order valence-corrected chi connectivity index (χ4v) is 3.53. The van der Waals surface area contributed by atoms with E-state index >= 15 is 0 Å². The van der Waals surface area contributed by atoms with Crippen molar-refractivity contribution in [1.82, 2.24) is 10.2 Å². The van der Waals surface area contributed by atoms with Gasteiger partial charge in [0, 0.05) is 20.0 Å². The molecular formula is C25H34N2O2. The van der Waals surface area contributed by atoms with Crippen LogP contribution in [-0.4, -0.2) is 36.3 Å². The smallest absolute Gasteiger partial charge is 0.242 e. The minimum absolute atomic E-state index is 0.0318. The molecule has 0 saturated carbocycles. The third-order valence-electron chi connectivity index (χ3n) is 5.39. The van der Waals surface area contributed by atoms with Gasteiger partial charge in [0.2, 0.25) is 11.8 Å². The Kier molecular flexibility index (Phi) is 8.91. The molecule has 1 N–H and O–H groups in total. The number of aryl methyl sites for hydroxylation is 1. The second-order valence-corrected chi connectivity index (χ2v) is 7.76. The van der Waals surface area contributed by atoms with Gasteiger partial charge in [-0.05, 0) is 41.9 Å². The van der Waals surface area contributed by atoms with E-state index < -0.39 is 6.04 Å². The lowest BCUT2D eigenvalue weighted by Crippen LogP contribution is -2.49. The molecule has 0 fully saturated rings. The average molecular weight is 395 g/mol. The van der Waals surface area contributed by atoms with E-state index in [1.54, 1.807) is 11.9 Å². The molecule has 4 heteroatoms. The number of carbonyl (C=O) groups is 2. The maximum atomic E-state index is 13.1. The Balaban J connectivity index is 2.07. The van der Waals surface area contributed by atoms with E-state index in [9.17, 15) is 9.59 Å². The number of benzene rings is 2. The normalized spacial score (nSPS) is 11.9. The molecule has 1 unspecified atom stereocenters. The largest absolute Gasteiger partial charge is 0.357 e. The zero-order valence-electron chi connectivity index (χ0n) is 18.2. The quantitative estimate of drug-likeness (QED) is 0.652. The highest BCUT2D eigenvalue weighted by molar-refractivity contribution is 5.87. The van der Waals surface area contributed by atoms with Gasteiger partial charge in [-0.1, -0.05) is 75.4 Å². The monoisotopic (exact) mass is 394 g/mol. The van der Waals surface area contributed by atoms with Crippen LogP contribution in [0.15, 0.2) is 54.6 Å². The summed E-state index contributed by atoms with van der Waals surface area (Å²) < 4.78 is 0. The molecule has 0 radical (unpaired) electrons. The maximum absolute atomic E-state index is 13.1. The fourth-order valence-electron chi connectivity index (χ4n) is 3.53. The highest BCUT2D eigenvalue weighted by Crippen LogP contribution is 2.17. The third kappa shape index (κ3) is 6.74. The van der Waals surface area contributed by atoms with Gasteiger partial charge in [0.1, 0.15) is 6.04 Å². The van der Waals surface area contributed by atoms with Crippen LogP contribution in [-0.2, 0) is 22.4 Å². The second-order valence-electron chi connectivity index (χ2n) is 7.76. The number of nitrogens with zero attached hydrogens (tertiary/aromatic N) is 1. The molecule has 156 valence electrons. The standard InChI is InChI=1S/C25H34N2O2/c1-5-23(25(29)26-4)27(18-17-20-9-7-6-8-10-20)24(28)16-13-21-11-14-22(15-12-21)19(2)3/h6-12,14-15,19,23H,5,13,16-18H2,1-4H3,(H,26,29). The lowest BCUT2D eigenvalue weighted by molar-refractivity contribution is -0.140. The van der Waals surface area contributed by atoms with Crippen LogP contribution >= 0.6 is 0 Å². The zero-order chi connectivity index (χ0) is 21.2. The van der Waals surface area contributed by atoms with E-state index in [-0.39, 0.29) is 11.8 Å². The van der Waals surface area contributed by atoms with Gasteiger partial charge >= 0.3 is 0 Å². The summed E-state index contributed by atoms with van der Waals surface area (Å²) >= 11 is 0. The predicted octanol–water partition coefficient (Wildman–Crippen LogP) is 4.34. The molecule has 0 heterocycles. The van der Waals surface area contributed by atoms with Crippen LogP contribution in [0.25, 0.3) is 0 Å². The molecule has 0 spiro atoms. The van der Waals surface area contributed by atoms with Crippen molar-refractivity contribution in [3.63, 3.8) is 0 Å². The van der Waals surface area contributed by atoms with E-state index in [2.05, 4.69) is 55.6 Å². The Morgan fingerprint density at radius 2 is 1.55 bits per heavy atom. The minimum Gasteiger partial charge on any atom is -0.357 e. The molecule has 2 rings (SSSR count). The first-order valence-electron chi connectivity index (χ1n) is 10.6. The topological polar surface area (TPSA) is 49.4 Å². The molecule has 0 aliphatic heterocycles. The van der Waals surface area contributed by atoms with Crippen molar-refractivity contribution in [3.05, 3.63) is 71.3 Å². The molecule has 29 heavy (non-hydrogen) atoms. The summed E-state index contributed by atoms with van der Waals surface area (Å²) in [6.07, 6.45) is 2.43. The number of likely N-dealkylation sites (N-methyl/N-ethyl adjacent to an activating group) is 1. The van der Waals surface area contributed by atoms with Gasteiger partial charge < -0.3 is 10.2 Å². The molecule has 0 bridgehead atoms. The van der Waals surface area contributed by atoms with Crippen molar-refractivity contribution < 1.29 is 9.59 Å². The molecular weight excluding hydrogens is 360 g/mol. The summed E-state index contributed by atoms with van der Waals surface area (Å²) in [6, 6.07) is 18.1. The van der Waals surface area contributed by atoms with E-state index in [0.717, 1.165) is 12.0 Å². The van der Waals surface area contributed by atoms with Gasteiger partial charge in [-0.25, -0.2) is 0 Å². The van der Waals surface area contributed by atoms with Gasteiger partial charge in [-0.2, -0.15) is 0 Å². The van der Waals surface area contributed by atoms with Gasteiger partial charge in [-0.3, -0.25) is 9.59 Å². The van der Waals surface area contributed by atoms with Crippen LogP contribution in [0.3, 0.4) is 0 Å². The van der Waals surface area contributed by atoms with Gasteiger partial charge in [0.25, 0.3) is 0 Å². The van der Waals surface area contributed by atoms with Crippen LogP contribution in [0.4, 0.5) is 0 Å². The number of nitrogens with one attached hydrogen (secondary N) is 1. The van der Waals surface area contributed by atoms with Gasteiger partial charge in [0.15, 0.2) is 0 Å². The Hall–Kier alpha value is -2.62. The summed E-state index contributed by atoms with van der Waals surface area (Å²) in [4.78, 5) is 27.2. The maximum Gasteiger partial charge on any atom is 0.242 e. The van der Waals surface area contributed by atoms with Crippen molar-refractivity contribution in [3.8, 4) is 0 Å². The first-order chi connectivity index (χ1) is 14.0. The SMILES string of the molecule is CCC(C(=O)NC)N(CCc1ccccc1)C(=O)CCc1ccc(C(C)C)cc1. The fraction of sp³-hybridized carbons (Fsp3) is 0.440. The third-order valence-corrected chi connectivity index (χ3v) is 5.39. The number of rotatable bonds is 10. The highest BCUT2D eigenvalue weighted by atomic mass is 16.2. The lowest BCUT2D eigenvalue weighted by Gasteiger charge is -2.30.